The molecule has 4 heteroatoms. The van der Waals surface area contributed by atoms with Crippen molar-refractivity contribution >= 4 is 11.6 Å². The van der Waals surface area contributed by atoms with Crippen molar-refractivity contribution < 1.29 is 9.18 Å². The lowest BCUT2D eigenvalue weighted by Crippen LogP contribution is -2.49. The number of likely N-dealkylation sites (tertiary alicyclic amines) is 1. The number of anilines is 1. The first-order valence-corrected chi connectivity index (χ1v) is 10.2. The van der Waals surface area contributed by atoms with Crippen LogP contribution in [-0.4, -0.2) is 35.0 Å². The zero-order valence-corrected chi connectivity index (χ0v) is 17.0. The first-order chi connectivity index (χ1) is 13.3. The molecular weight excluding hydrogens is 351 g/mol. The smallest absolute Gasteiger partial charge is 0.227 e. The minimum atomic E-state index is -0.215. The van der Waals surface area contributed by atoms with Gasteiger partial charge in [-0.15, -0.1) is 0 Å². The second kappa shape index (κ2) is 6.91. The number of rotatable bonds is 3. The molecule has 2 heterocycles. The maximum absolute atomic E-state index is 13.8. The van der Waals surface area contributed by atoms with Crippen LogP contribution in [0.4, 0.5) is 10.1 Å². The quantitative estimate of drug-likeness (QED) is 0.769. The van der Waals surface area contributed by atoms with E-state index in [2.05, 4.69) is 42.7 Å². The van der Waals surface area contributed by atoms with Crippen LogP contribution in [0.25, 0.3) is 0 Å². The normalized spacial score (nSPS) is 23.6. The number of nitrogens with zero attached hydrogens (tertiary/aromatic N) is 2. The van der Waals surface area contributed by atoms with Crippen molar-refractivity contribution in [1.82, 2.24) is 4.90 Å². The molecule has 2 saturated heterocycles. The molecule has 28 heavy (non-hydrogen) atoms. The van der Waals surface area contributed by atoms with Gasteiger partial charge in [-0.2, -0.15) is 0 Å². The summed E-state index contributed by atoms with van der Waals surface area (Å²) in [6, 6.07) is 15.0. The molecule has 0 bridgehead atoms. The van der Waals surface area contributed by atoms with E-state index in [1.165, 1.54) is 11.6 Å². The molecule has 0 radical (unpaired) electrons. The van der Waals surface area contributed by atoms with Crippen molar-refractivity contribution in [3.05, 3.63) is 65.5 Å². The largest absolute Gasteiger partial charge is 0.364 e. The minimum Gasteiger partial charge on any atom is -0.364 e. The van der Waals surface area contributed by atoms with Gasteiger partial charge >= 0.3 is 0 Å². The van der Waals surface area contributed by atoms with Gasteiger partial charge in [-0.25, -0.2) is 4.39 Å². The van der Waals surface area contributed by atoms with Gasteiger partial charge in [-0.1, -0.05) is 35.9 Å². The first kappa shape index (κ1) is 19.0. The number of hydrogen-bond donors (Lipinski definition) is 0. The Balaban J connectivity index is 1.59. The second-order valence-corrected chi connectivity index (χ2v) is 9.09. The molecule has 1 atom stereocenters. The summed E-state index contributed by atoms with van der Waals surface area (Å²) in [6.07, 6.45) is 3.41. The van der Waals surface area contributed by atoms with Crippen LogP contribution in [0.3, 0.4) is 0 Å². The summed E-state index contributed by atoms with van der Waals surface area (Å²) in [6.45, 7) is 8.05. The molecule has 2 aromatic rings. The lowest BCUT2D eigenvalue weighted by Gasteiger charge is -2.35. The van der Waals surface area contributed by atoms with Crippen molar-refractivity contribution in [2.45, 2.75) is 57.5 Å². The molecule has 0 N–H and O–H groups in total. The van der Waals surface area contributed by atoms with Gasteiger partial charge in [-0.3, -0.25) is 4.79 Å². The molecule has 4 rings (SSSR count). The Morgan fingerprint density at radius 2 is 1.93 bits per heavy atom. The summed E-state index contributed by atoms with van der Waals surface area (Å²) >= 11 is 0. The summed E-state index contributed by atoms with van der Waals surface area (Å²) < 4.78 is 13.8. The van der Waals surface area contributed by atoms with E-state index in [0.29, 0.717) is 6.42 Å². The molecule has 0 aliphatic carbocycles. The Kier molecular flexibility index (Phi) is 4.68. The predicted octanol–water partition coefficient (Wildman–Crippen LogP) is 4.73. The number of amides is 1. The van der Waals surface area contributed by atoms with Crippen LogP contribution < -0.4 is 4.90 Å². The van der Waals surface area contributed by atoms with Crippen LogP contribution in [0.2, 0.25) is 0 Å². The average Bonchev–Trinajstić information content (AvgIpc) is 3.14. The number of hydrogen-bond acceptors (Lipinski definition) is 2. The van der Waals surface area contributed by atoms with E-state index in [4.69, 9.17) is 0 Å². The van der Waals surface area contributed by atoms with E-state index in [1.807, 2.05) is 18.2 Å². The number of benzene rings is 2. The Bertz CT molecular complexity index is 894. The molecule has 148 valence electrons. The zero-order valence-electron chi connectivity index (χ0n) is 17.0. The van der Waals surface area contributed by atoms with Crippen molar-refractivity contribution in [1.29, 1.82) is 0 Å². The van der Waals surface area contributed by atoms with Gasteiger partial charge in [0.1, 0.15) is 5.82 Å². The number of carbonyl (C=O) groups is 1. The van der Waals surface area contributed by atoms with Gasteiger partial charge in [0.25, 0.3) is 0 Å². The summed E-state index contributed by atoms with van der Waals surface area (Å²) in [7, 11) is 0. The van der Waals surface area contributed by atoms with Gasteiger partial charge in [0.15, 0.2) is 0 Å². The van der Waals surface area contributed by atoms with E-state index in [9.17, 15) is 9.18 Å². The Hall–Kier alpha value is -2.36. The summed E-state index contributed by atoms with van der Waals surface area (Å²) in [5.41, 5.74) is 2.88. The van der Waals surface area contributed by atoms with Gasteiger partial charge < -0.3 is 9.80 Å². The van der Waals surface area contributed by atoms with E-state index >= 15 is 0 Å². The molecule has 2 aliphatic rings. The van der Waals surface area contributed by atoms with Crippen LogP contribution in [0.15, 0.2) is 48.5 Å². The maximum atomic E-state index is 13.8. The third-order valence-corrected chi connectivity index (χ3v) is 6.40. The summed E-state index contributed by atoms with van der Waals surface area (Å²) in [4.78, 5) is 17.7. The zero-order chi connectivity index (χ0) is 19.9. The predicted molar refractivity (Wildman–Crippen MR) is 111 cm³/mol. The number of carbonyl (C=O) groups excluding carboxylic acids is 1. The molecule has 3 nitrogen and oxygen atoms in total. The number of aryl methyl sites for hydroxylation is 1. The molecule has 2 fully saturated rings. The van der Waals surface area contributed by atoms with Crippen LogP contribution in [-0.2, 0) is 11.2 Å². The number of halogens is 1. The molecule has 1 spiro atoms. The lowest BCUT2D eigenvalue weighted by molar-refractivity contribution is -0.134. The highest BCUT2D eigenvalue weighted by atomic mass is 19.1. The van der Waals surface area contributed by atoms with Crippen molar-refractivity contribution in [2.75, 3.05) is 18.0 Å². The van der Waals surface area contributed by atoms with Gasteiger partial charge in [0.2, 0.25) is 5.91 Å². The first-order valence-electron chi connectivity index (χ1n) is 10.2. The highest BCUT2D eigenvalue weighted by Crippen LogP contribution is 2.47. The monoisotopic (exact) mass is 380 g/mol. The van der Waals surface area contributed by atoms with Gasteiger partial charge in [-0.05, 0) is 63.8 Å². The Labute approximate surface area is 167 Å². The van der Waals surface area contributed by atoms with Gasteiger partial charge in [0, 0.05) is 24.3 Å². The van der Waals surface area contributed by atoms with Crippen LogP contribution in [0.5, 0.6) is 0 Å². The lowest BCUT2D eigenvalue weighted by atomic mass is 9.87. The highest BCUT2D eigenvalue weighted by Gasteiger charge is 2.54. The standard InChI is InChI=1S/C24H29FN2O/c1-18-7-4-8-19(13-18)14-22(28)26-12-6-11-24(26)16-23(2,3)27(17-24)21-10-5-9-20(25)15-21/h4-5,7-10,13,15H,6,11-12,14,16-17H2,1-3H3. The van der Waals surface area contributed by atoms with Crippen molar-refractivity contribution in [3.8, 4) is 0 Å². The SMILES string of the molecule is Cc1cccc(CC(=O)N2CCCC23CN(c2cccc(F)c2)C(C)(C)C3)c1. The fourth-order valence-electron chi connectivity index (χ4n) is 5.32. The average molecular weight is 381 g/mol. The fraction of sp³-hybridized carbons (Fsp3) is 0.458. The molecule has 0 aromatic heterocycles. The third-order valence-electron chi connectivity index (χ3n) is 6.40. The molecule has 1 unspecified atom stereocenters. The van der Waals surface area contributed by atoms with Crippen LogP contribution in [0.1, 0.15) is 44.2 Å². The molecular formula is C24H29FN2O. The maximum Gasteiger partial charge on any atom is 0.227 e. The minimum absolute atomic E-state index is 0.125. The van der Waals surface area contributed by atoms with E-state index in [1.54, 1.807) is 12.1 Å². The molecule has 0 saturated carbocycles. The van der Waals surface area contributed by atoms with Crippen LogP contribution >= 0.6 is 0 Å². The fourth-order valence-corrected chi connectivity index (χ4v) is 5.32. The van der Waals surface area contributed by atoms with E-state index in [-0.39, 0.29) is 22.8 Å². The highest BCUT2D eigenvalue weighted by molar-refractivity contribution is 5.80. The Morgan fingerprint density at radius 3 is 2.68 bits per heavy atom. The van der Waals surface area contributed by atoms with Crippen molar-refractivity contribution in [3.63, 3.8) is 0 Å². The molecule has 2 aromatic carbocycles. The molecule has 1 amide bonds. The summed E-state index contributed by atoms with van der Waals surface area (Å²) in [5, 5.41) is 0. The van der Waals surface area contributed by atoms with E-state index in [0.717, 1.165) is 43.6 Å². The van der Waals surface area contributed by atoms with E-state index < -0.39 is 0 Å². The second-order valence-electron chi connectivity index (χ2n) is 9.09. The summed E-state index contributed by atoms with van der Waals surface area (Å²) in [5.74, 6) is -0.00644. The van der Waals surface area contributed by atoms with Gasteiger partial charge in [0.05, 0.1) is 12.0 Å². The third kappa shape index (κ3) is 3.41. The molecule has 2 aliphatic heterocycles. The Morgan fingerprint density at radius 1 is 1.14 bits per heavy atom. The topological polar surface area (TPSA) is 23.6 Å². The van der Waals surface area contributed by atoms with Crippen LogP contribution in [0, 0.1) is 12.7 Å². The van der Waals surface area contributed by atoms with Crippen molar-refractivity contribution in [2.24, 2.45) is 0 Å².